The van der Waals surface area contributed by atoms with E-state index in [0.717, 1.165) is 17.1 Å². The van der Waals surface area contributed by atoms with Crippen molar-refractivity contribution in [2.24, 2.45) is 0 Å². The molecule has 0 amide bonds. The van der Waals surface area contributed by atoms with Gasteiger partial charge in [0.25, 0.3) is 0 Å². The van der Waals surface area contributed by atoms with Gasteiger partial charge in [-0.2, -0.15) is 0 Å². The minimum absolute atomic E-state index is 0.427. The zero-order valence-electron chi connectivity index (χ0n) is 32.0. The Kier molecular flexibility index (Phi) is 8.12. The van der Waals surface area contributed by atoms with Crippen molar-refractivity contribution in [3.05, 3.63) is 259 Å². The first-order chi connectivity index (χ1) is 28.8. The number of fused-ring (bicyclic) bond motifs is 5. The molecule has 1 aliphatic carbocycles. The van der Waals surface area contributed by atoms with Crippen molar-refractivity contribution in [3.8, 4) is 33.4 Å². The summed E-state index contributed by atoms with van der Waals surface area (Å²) in [6.45, 7) is 0. The first-order valence-corrected chi connectivity index (χ1v) is 20.1. The maximum atomic E-state index is 2.38. The predicted molar refractivity (Wildman–Crippen MR) is 244 cm³/mol. The van der Waals surface area contributed by atoms with Crippen molar-refractivity contribution in [2.45, 2.75) is 5.41 Å². The summed E-state index contributed by atoms with van der Waals surface area (Å²) in [7, 11) is 0. The zero-order valence-corrected chi connectivity index (χ0v) is 32.0. The molecule has 0 N–H and O–H groups in total. The summed E-state index contributed by atoms with van der Waals surface area (Å²) >= 11 is 0. The van der Waals surface area contributed by atoms with E-state index in [1.807, 2.05) is 0 Å². The van der Waals surface area contributed by atoms with Crippen LogP contribution in [0.1, 0.15) is 22.3 Å². The molecule has 0 atom stereocenters. The van der Waals surface area contributed by atoms with Gasteiger partial charge >= 0.3 is 0 Å². The van der Waals surface area contributed by atoms with Crippen LogP contribution in [0.4, 0.5) is 17.1 Å². The van der Waals surface area contributed by atoms with Gasteiger partial charge in [-0.3, -0.25) is 0 Å². The average molecular weight is 738 g/mol. The number of para-hydroxylation sites is 2. The van der Waals surface area contributed by atoms with Crippen molar-refractivity contribution < 1.29 is 0 Å². The Morgan fingerprint density at radius 3 is 1.03 bits per heavy atom. The van der Waals surface area contributed by atoms with E-state index in [1.54, 1.807) is 0 Å². The van der Waals surface area contributed by atoms with E-state index in [1.165, 1.54) is 77.2 Å². The second-order valence-electron chi connectivity index (χ2n) is 15.2. The molecule has 272 valence electrons. The van der Waals surface area contributed by atoms with Gasteiger partial charge in [0.1, 0.15) is 0 Å². The lowest BCUT2D eigenvalue weighted by Crippen LogP contribution is -2.28. The molecule has 1 heteroatoms. The number of hydrogen-bond donors (Lipinski definition) is 0. The van der Waals surface area contributed by atoms with E-state index in [9.17, 15) is 0 Å². The first kappa shape index (κ1) is 33.8. The van der Waals surface area contributed by atoms with Crippen molar-refractivity contribution in [1.82, 2.24) is 0 Å². The number of rotatable bonds is 7. The molecule has 0 heterocycles. The highest BCUT2D eigenvalue weighted by molar-refractivity contribution is 6.21. The van der Waals surface area contributed by atoms with Crippen molar-refractivity contribution in [1.29, 1.82) is 0 Å². The molecule has 0 bridgehead atoms. The Balaban J connectivity index is 1.07. The highest BCUT2D eigenvalue weighted by Crippen LogP contribution is 2.56. The van der Waals surface area contributed by atoms with E-state index >= 15 is 0 Å². The Hall–Kier alpha value is -7.48. The summed E-state index contributed by atoms with van der Waals surface area (Å²) in [6.07, 6.45) is 0. The summed E-state index contributed by atoms with van der Waals surface area (Å²) in [5.74, 6) is 0. The van der Waals surface area contributed by atoms with Gasteiger partial charge in [0.05, 0.1) is 5.41 Å². The number of anilines is 3. The summed E-state index contributed by atoms with van der Waals surface area (Å²) in [5, 5.41) is 4.99. The molecule has 0 aromatic heterocycles. The molecule has 0 fully saturated rings. The molecule has 0 unspecified atom stereocenters. The third kappa shape index (κ3) is 5.25. The molecular formula is C57H39N. The standard InChI is InChI=1S/C57H39N/c1-4-18-42(19-5-1)57(53-30-16-14-24-47(53)48-25-15-17-31-54(48)57)43-36-32-40(33-37-43)55-49-26-10-12-28-51(49)56(52-29-13-11-27-50(52)55)41-34-38-46(39-35-41)58(44-20-6-2-7-21-44)45-22-8-3-9-23-45/h1-39H. The van der Waals surface area contributed by atoms with Crippen LogP contribution in [0.5, 0.6) is 0 Å². The molecule has 0 radical (unpaired) electrons. The summed E-state index contributed by atoms with van der Waals surface area (Å²) < 4.78 is 0. The predicted octanol–water partition coefficient (Wildman–Crippen LogP) is 15.2. The number of nitrogens with zero attached hydrogens (tertiary/aromatic N) is 1. The van der Waals surface area contributed by atoms with Gasteiger partial charge in [0, 0.05) is 17.1 Å². The molecule has 58 heavy (non-hydrogen) atoms. The first-order valence-electron chi connectivity index (χ1n) is 20.1. The van der Waals surface area contributed by atoms with Crippen LogP contribution in [0.2, 0.25) is 0 Å². The molecule has 11 rings (SSSR count). The van der Waals surface area contributed by atoms with Gasteiger partial charge in [0.2, 0.25) is 0 Å². The zero-order chi connectivity index (χ0) is 38.5. The van der Waals surface area contributed by atoms with Gasteiger partial charge in [-0.1, -0.05) is 200 Å². The van der Waals surface area contributed by atoms with Gasteiger partial charge in [-0.05, 0) is 114 Å². The molecule has 0 saturated carbocycles. The topological polar surface area (TPSA) is 3.24 Å². The summed E-state index contributed by atoms with van der Waals surface area (Å²) in [5.41, 5.74) is 15.7. The maximum absolute atomic E-state index is 2.38. The van der Waals surface area contributed by atoms with Crippen LogP contribution in [0.15, 0.2) is 237 Å². The molecule has 0 aliphatic heterocycles. The Morgan fingerprint density at radius 2 is 0.586 bits per heavy atom. The van der Waals surface area contributed by atoms with Crippen molar-refractivity contribution in [3.63, 3.8) is 0 Å². The monoisotopic (exact) mass is 737 g/mol. The largest absolute Gasteiger partial charge is 0.311 e. The van der Waals surface area contributed by atoms with Crippen molar-refractivity contribution in [2.75, 3.05) is 4.90 Å². The third-order valence-corrected chi connectivity index (χ3v) is 12.1. The Bertz CT molecular complexity index is 2930. The smallest absolute Gasteiger partial charge is 0.0713 e. The Morgan fingerprint density at radius 1 is 0.259 bits per heavy atom. The van der Waals surface area contributed by atoms with Crippen LogP contribution in [0, 0.1) is 0 Å². The van der Waals surface area contributed by atoms with Gasteiger partial charge in [0.15, 0.2) is 0 Å². The van der Waals surface area contributed by atoms with Crippen LogP contribution in [-0.4, -0.2) is 0 Å². The Labute approximate surface area is 339 Å². The molecule has 1 aliphatic rings. The van der Waals surface area contributed by atoms with E-state index in [0.29, 0.717) is 0 Å². The van der Waals surface area contributed by atoms with Crippen LogP contribution in [-0.2, 0) is 5.41 Å². The quantitative estimate of drug-likeness (QED) is 0.147. The number of hydrogen-bond acceptors (Lipinski definition) is 1. The van der Waals surface area contributed by atoms with E-state index < -0.39 is 5.41 Å². The van der Waals surface area contributed by atoms with Crippen LogP contribution < -0.4 is 4.90 Å². The lowest BCUT2D eigenvalue weighted by atomic mass is 9.67. The highest BCUT2D eigenvalue weighted by atomic mass is 15.1. The number of benzene rings is 10. The summed E-state index contributed by atoms with van der Waals surface area (Å²) in [6, 6.07) is 86.6. The van der Waals surface area contributed by atoms with Crippen LogP contribution in [0.25, 0.3) is 54.9 Å². The molecule has 0 saturated heterocycles. The molecule has 0 spiro atoms. The molecule has 1 nitrogen and oxygen atoms in total. The van der Waals surface area contributed by atoms with Crippen molar-refractivity contribution >= 4 is 38.6 Å². The minimum atomic E-state index is -0.427. The lowest BCUT2D eigenvalue weighted by molar-refractivity contribution is 0.768. The van der Waals surface area contributed by atoms with E-state index in [-0.39, 0.29) is 0 Å². The lowest BCUT2D eigenvalue weighted by Gasteiger charge is -2.34. The van der Waals surface area contributed by atoms with Gasteiger partial charge < -0.3 is 4.90 Å². The average Bonchev–Trinajstić information content (AvgIpc) is 3.61. The second kappa shape index (κ2) is 13.9. The minimum Gasteiger partial charge on any atom is -0.311 e. The molecule has 10 aromatic carbocycles. The SMILES string of the molecule is c1ccc(N(c2ccccc2)c2ccc(-c3c4ccccc4c(-c4ccc(C5(c6ccccc6)c6ccccc6-c6ccccc65)cc4)c4ccccc34)cc2)cc1. The molecule has 10 aromatic rings. The maximum Gasteiger partial charge on any atom is 0.0713 e. The van der Waals surface area contributed by atoms with E-state index in [2.05, 4.69) is 241 Å². The fourth-order valence-corrected chi connectivity index (χ4v) is 9.73. The fourth-order valence-electron chi connectivity index (χ4n) is 9.73. The third-order valence-electron chi connectivity index (χ3n) is 12.1. The fraction of sp³-hybridized carbons (Fsp3) is 0.0175. The second-order valence-corrected chi connectivity index (χ2v) is 15.2. The van der Waals surface area contributed by atoms with E-state index in [4.69, 9.17) is 0 Å². The van der Waals surface area contributed by atoms with Crippen LogP contribution in [0.3, 0.4) is 0 Å². The van der Waals surface area contributed by atoms with Crippen LogP contribution >= 0.6 is 0 Å². The summed E-state index contributed by atoms with van der Waals surface area (Å²) in [4.78, 5) is 2.32. The normalized spacial score (nSPS) is 12.6. The van der Waals surface area contributed by atoms with Gasteiger partial charge in [-0.25, -0.2) is 0 Å². The molecular weight excluding hydrogens is 699 g/mol. The van der Waals surface area contributed by atoms with Gasteiger partial charge in [-0.15, -0.1) is 0 Å². The highest BCUT2D eigenvalue weighted by Gasteiger charge is 2.45.